The molecule has 0 aliphatic carbocycles. The highest BCUT2D eigenvalue weighted by molar-refractivity contribution is 8.32. The van der Waals surface area contributed by atoms with Crippen LogP contribution in [-0.4, -0.2) is 27.0 Å². The van der Waals surface area contributed by atoms with Crippen LogP contribution in [0.3, 0.4) is 0 Å². The van der Waals surface area contributed by atoms with Crippen LogP contribution in [0.1, 0.15) is 61.3 Å². The maximum Gasteiger partial charge on any atom is 0.138 e. The first-order valence-electron chi connectivity index (χ1n) is 10.3. The second-order valence-electron chi connectivity index (χ2n) is 8.32. The molecule has 0 aromatic heterocycles. The fourth-order valence-electron chi connectivity index (χ4n) is 4.23. The number of hydrogen-bond donors (Lipinski definition) is 0. The lowest BCUT2D eigenvalue weighted by Gasteiger charge is -2.42. The van der Waals surface area contributed by atoms with E-state index in [4.69, 9.17) is 21.1 Å². The van der Waals surface area contributed by atoms with Gasteiger partial charge in [-0.1, -0.05) is 65.8 Å². The summed E-state index contributed by atoms with van der Waals surface area (Å²) >= 11 is 8.88. The van der Waals surface area contributed by atoms with Crippen molar-refractivity contribution in [2.24, 2.45) is 5.92 Å². The minimum absolute atomic E-state index is 0.537. The standard InChI is InChI=1S/C22H39ClO2SSi/c1-9-20(25-15-19-11-13-24-14-12-19)22(23)21(10-2)26-27(16(3)4,17(5)6)18(7)8/h9-10,16-19H,1,11-15H2,2-8H3/b21-10-,22-20-. The van der Waals surface area contributed by atoms with Crippen LogP contribution in [0.25, 0.3) is 0 Å². The molecule has 1 rings (SSSR count). The van der Waals surface area contributed by atoms with Crippen molar-refractivity contribution in [2.75, 3.05) is 19.8 Å². The molecule has 156 valence electrons. The van der Waals surface area contributed by atoms with Crippen LogP contribution < -0.4 is 0 Å². The fraction of sp³-hybridized carbons (Fsp3) is 0.727. The van der Waals surface area contributed by atoms with E-state index in [0.29, 0.717) is 39.9 Å². The van der Waals surface area contributed by atoms with Gasteiger partial charge in [0.05, 0.1) is 11.6 Å². The number of allylic oxidation sites excluding steroid dienone is 3. The third-order valence-corrected chi connectivity index (χ3v) is 18.6. The summed E-state index contributed by atoms with van der Waals surface area (Å²) in [5, 5.41) is 0.711. The van der Waals surface area contributed by atoms with E-state index in [9.17, 15) is 0 Å². The predicted molar refractivity (Wildman–Crippen MR) is 125 cm³/mol. The fourth-order valence-corrected chi connectivity index (χ4v) is 14.1. The normalized spacial score (nSPS) is 18.3. The zero-order valence-corrected chi connectivity index (χ0v) is 20.9. The van der Waals surface area contributed by atoms with Crippen LogP contribution in [0, 0.1) is 5.92 Å². The zero-order valence-electron chi connectivity index (χ0n) is 18.3. The molecular weight excluding hydrogens is 392 g/mol. The van der Waals surface area contributed by atoms with Gasteiger partial charge in [-0.05, 0) is 48.4 Å². The molecule has 1 aliphatic heterocycles. The van der Waals surface area contributed by atoms with Crippen molar-refractivity contribution in [3.8, 4) is 0 Å². The van der Waals surface area contributed by atoms with Crippen LogP contribution in [0.15, 0.2) is 34.4 Å². The smallest absolute Gasteiger partial charge is 0.138 e. The van der Waals surface area contributed by atoms with E-state index < -0.39 is 7.22 Å². The molecule has 0 N–H and O–H groups in total. The first-order chi connectivity index (χ1) is 12.7. The third-order valence-electron chi connectivity index (χ3n) is 5.69. The predicted octanol–water partition coefficient (Wildman–Crippen LogP) is 7.88. The van der Waals surface area contributed by atoms with Crippen molar-refractivity contribution in [3.05, 3.63) is 34.4 Å². The van der Waals surface area contributed by atoms with E-state index in [1.54, 1.807) is 6.08 Å². The van der Waals surface area contributed by atoms with Gasteiger partial charge in [-0.2, -0.15) is 0 Å². The Morgan fingerprint density at radius 2 is 1.67 bits per heavy atom. The molecule has 0 unspecified atom stereocenters. The molecule has 0 aromatic rings. The largest absolute Gasteiger partial charge is 0.492 e. The molecule has 0 saturated carbocycles. The van der Waals surface area contributed by atoms with Crippen molar-refractivity contribution >= 4 is 30.0 Å². The molecule has 1 fully saturated rings. The summed E-state index contributed by atoms with van der Waals surface area (Å²) < 4.78 is 11.5. The van der Waals surface area contributed by atoms with Crippen LogP contribution in [0.5, 0.6) is 0 Å². The van der Waals surface area contributed by atoms with Crippen LogP contribution in [0.4, 0.5) is 0 Å². The highest BCUT2D eigenvalue weighted by Crippen LogP contribution is 2.53. The van der Waals surface area contributed by atoms with Gasteiger partial charge < -0.3 is 9.47 Å². The molecule has 5 heteroatoms. The van der Waals surface area contributed by atoms with E-state index in [-0.39, 0.29) is 0 Å². The molecule has 1 heterocycles. The summed E-state index contributed by atoms with van der Waals surface area (Å²) in [6.07, 6.45) is 6.01. The van der Waals surface area contributed by atoms with Gasteiger partial charge in [-0.15, -0.1) is 11.2 Å². The average Bonchev–Trinajstić information content (AvgIpc) is 2.63. The maximum absolute atomic E-state index is 6.84. The van der Waals surface area contributed by atoms with Gasteiger partial charge >= 0.3 is 0 Å². The summed E-state index contributed by atoms with van der Waals surface area (Å²) in [4.78, 5) is 1.14. The number of ether oxygens (including phenoxy) is 2. The lowest BCUT2D eigenvalue weighted by atomic mass is 10.0. The Morgan fingerprint density at radius 3 is 2.07 bits per heavy atom. The molecule has 27 heavy (non-hydrogen) atoms. The van der Waals surface area contributed by atoms with E-state index in [1.165, 1.54) is 0 Å². The Hall–Kier alpha value is -0.163. The summed E-state index contributed by atoms with van der Waals surface area (Å²) in [6, 6.07) is 0. The molecular formula is C22H39ClO2SSi. The Bertz CT molecular complexity index is 513. The van der Waals surface area contributed by atoms with Gasteiger partial charge in [0.15, 0.2) is 0 Å². The highest BCUT2D eigenvalue weighted by Gasteiger charge is 2.44. The lowest BCUT2D eigenvalue weighted by Crippen LogP contribution is -2.41. The van der Waals surface area contributed by atoms with Crippen molar-refractivity contribution < 1.29 is 9.47 Å². The first-order valence-corrected chi connectivity index (χ1v) is 14.4. The first kappa shape index (κ1) is 24.9. The summed E-state index contributed by atoms with van der Waals surface area (Å²) in [7, 11) is -1.66. The molecule has 2 nitrogen and oxygen atoms in total. The van der Waals surface area contributed by atoms with Crippen molar-refractivity contribution in [1.29, 1.82) is 0 Å². The molecule has 0 spiro atoms. The van der Waals surface area contributed by atoms with Crippen LogP contribution in [0.2, 0.25) is 16.6 Å². The van der Waals surface area contributed by atoms with Gasteiger partial charge in [0.2, 0.25) is 0 Å². The Balaban J connectivity index is 3.04. The van der Waals surface area contributed by atoms with Gasteiger partial charge in [0.1, 0.15) is 13.0 Å². The molecule has 0 bridgehead atoms. The minimum Gasteiger partial charge on any atom is -0.492 e. The molecule has 0 radical (unpaired) electrons. The monoisotopic (exact) mass is 430 g/mol. The number of halogens is 1. The van der Waals surface area contributed by atoms with Gasteiger partial charge in [0.25, 0.3) is 0 Å². The quantitative estimate of drug-likeness (QED) is 0.199. The van der Waals surface area contributed by atoms with Gasteiger partial charge in [0, 0.05) is 18.1 Å². The molecule has 0 atom stereocenters. The maximum atomic E-state index is 6.84. The van der Waals surface area contributed by atoms with Gasteiger partial charge in [-0.25, -0.2) is 0 Å². The van der Waals surface area contributed by atoms with E-state index in [2.05, 4.69) is 61.1 Å². The van der Waals surface area contributed by atoms with E-state index in [1.807, 2.05) is 11.2 Å². The Kier molecular flexibility index (Phi) is 10.8. The summed E-state index contributed by atoms with van der Waals surface area (Å²) in [5.74, 6) is 1.25. The van der Waals surface area contributed by atoms with Crippen LogP contribution >= 0.6 is 22.8 Å². The average molecular weight is 431 g/mol. The third kappa shape index (κ3) is 6.42. The second kappa shape index (κ2) is 11.7. The Labute approximate surface area is 177 Å². The molecule has 0 aromatic carbocycles. The lowest BCUT2D eigenvalue weighted by molar-refractivity contribution is 0.0387. The summed E-state index contributed by atoms with van der Waals surface area (Å²) in [6.45, 7) is 22.6. The molecule has 0 amide bonds. The van der Waals surface area contributed by atoms with Gasteiger partial charge in [-0.3, -0.25) is 0 Å². The topological polar surface area (TPSA) is 18.5 Å². The second-order valence-corrected chi connectivity index (χ2v) is 17.2. The Morgan fingerprint density at radius 1 is 1.15 bits per heavy atom. The molecule has 1 aliphatic rings. The van der Waals surface area contributed by atoms with Crippen molar-refractivity contribution in [3.63, 3.8) is 0 Å². The number of hydrogen-bond acceptors (Lipinski definition) is 3. The highest BCUT2D eigenvalue weighted by atomic mass is 35.5. The SMILES string of the molecule is C=C/C(OCC1CCOCC1)=C(Cl)\C(=C\C)S[Si](C(C)C)(C(C)C)C(C)C. The zero-order chi connectivity index (χ0) is 20.6. The van der Waals surface area contributed by atoms with Crippen molar-refractivity contribution in [2.45, 2.75) is 77.9 Å². The van der Waals surface area contributed by atoms with E-state index in [0.717, 1.165) is 31.0 Å². The summed E-state index contributed by atoms with van der Waals surface area (Å²) in [5.41, 5.74) is 1.99. The minimum atomic E-state index is -1.66. The van der Waals surface area contributed by atoms with Crippen LogP contribution in [-0.2, 0) is 9.47 Å². The van der Waals surface area contributed by atoms with E-state index >= 15 is 0 Å². The molecule has 1 saturated heterocycles. The van der Waals surface area contributed by atoms with Crippen molar-refractivity contribution in [1.82, 2.24) is 0 Å². The number of rotatable bonds is 10.